The molecule has 0 unspecified atom stereocenters. The van der Waals surface area contributed by atoms with Crippen LogP contribution in [0.25, 0.3) is 0 Å². The van der Waals surface area contributed by atoms with Crippen molar-refractivity contribution in [3.05, 3.63) is 0 Å². The minimum Gasteiger partial charge on any atom is -0.465 e. The summed E-state index contributed by atoms with van der Waals surface area (Å²) in [4.78, 5) is 9.92. The van der Waals surface area contributed by atoms with Crippen LogP contribution in [0.4, 0.5) is 0 Å². The van der Waals surface area contributed by atoms with Crippen LogP contribution in [-0.2, 0) is 9.53 Å². The molecule has 0 atom stereocenters. The van der Waals surface area contributed by atoms with Crippen molar-refractivity contribution in [3.8, 4) is 0 Å². The number of ether oxygens (including phenoxy) is 1. The van der Waals surface area contributed by atoms with Gasteiger partial charge in [-0.05, 0) is 12.8 Å². The topological polar surface area (TPSA) is 52.3 Å². The highest BCUT2D eigenvalue weighted by molar-refractivity contribution is 6.20. The molecule has 0 saturated carbocycles. The Kier molecular flexibility index (Phi) is 25.6. The summed E-state index contributed by atoms with van der Waals surface area (Å²) in [5, 5.41) is 0.447. The first-order chi connectivity index (χ1) is 12.1. The van der Waals surface area contributed by atoms with Gasteiger partial charge in [-0.15, -0.1) is 11.6 Å². The molecule has 0 aliphatic carbocycles. The molecule has 0 aromatic carbocycles. The van der Waals surface area contributed by atoms with E-state index in [-0.39, 0.29) is 5.97 Å². The average Bonchev–Trinajstić information content (AvgIpc) is 2.59. The van der Waals surface area contributed by atoms with E-state index in [2.05, 4.69) is 18.6 Å². The summed E-state index contributed by atoms with van der Waals surface area (Å²) in [5.74, 6) is -0.273. The Morgan fingerprint density at radius 3 is 1.56 bits per heavy atom. The first kappa shape index (κ1) is 26.9. The molecule has 0 aromatic rings. The van der Waals surface area contributed by atoms with Crippen LogP contribution in [0.3, 0.4) is 0 Å². The standard InChI is InChI=1S/C17H35Cl.C4H9NO2/c1-3-5-7-9-11-13-15-17(18)16-14-12-10-8-6-4-2;1-4(6)7-3-2-5/h17H,3-16H2,1-2H3;2-3,5H2,1H3. The van der Waals surface area contributed by atoms with Crippen molar-refractivity contribution in [1.29, 1.82) is 0 Å². The Bertz CT molecular complexity index is 246. The van der Waals surface area contributed by atoms with Crippen molar-refractivity contribution >= 4 is 17.6 Å². The lowest BCUT2D eigenvalue weighted by atomic mass is 10.0. The molecule has 0 spiro atoms. The number of rotatable bonds is 16. The molecular weight excluding hydrogens is 334 g/mol. The third-order valence-electron chi connectivity index (χ3n) is 4.16. The van der Waals surface area contributed by atoms with Crippen LogP contribution in [0.1, 0.15) is 111 Å². The maximum absolute atomic E-state index is 9.92. The summed E-state index contributed by atoms with van der Waals surface area (Å²) < 4.78 is 4.43. The average molecular weight is 378 g/mol. The Labute approximate surface area is 162 Å². The highest BCUT2D eigenvalue weighted by atomic mass is 35.5. The van der Waals surface area contributed by atoms with E-state index in [1.807, 2.05) is 0 Å². The lowest BCUT2D eigenvalue weighted by Gasteiger charge is -2.09. The maximum Gasteiger partial charge on any atom is 0.302 e. The van der Waals surface area contributed by atoms with Gasteiger partial charge in [0.1, 0.15) is 6.61 Å². The number of unbranched alkanes of at least 4 members (excludes halogenated alkanes) is 10. The van der Waals surface area contributed by atoms with Crippen molar-refractivity contribution in [2.24, 2.45) is 5.73 Å². The molecule has 25 heavy (non-hydrogen) atoms. The third-order valence-corrected chi connectivity index (χ3v) is 4.60. The van der Waals surface area contributed by atoms with Crippen molar-refractivity contribution in [2.45, 2.75) is 116 Å². The third kappa shape index (κ3) is 28.8. The Balaban J connectivity index is 0. The van der Waals surface area contributed by atoms with E-state index in [0.29, 0.717) is 18.5 Å². The molecule has 3 nitrogen and oxygen atoms in total. The summed E-state index contributed by atoms with van der Waals surface area (Å²) in [6.07, 6.45) is 19.1. The summed E-state index contributed by atoms with van der Waals surface area (Å²) >= 11 is 6.36. The lowest BCUT2D eigenvalue weighted by molar-refractivity contribution is -0.140. The first-order valence-corrected chi connectivity index (χ1v) is 11.0. The van der Waals surface area contributed by atoms with Gasteiger partial charge in [0.25, 0.3) is 0 Å². The van der Waals surface area contributed by atoms with E-state index in [4.69, 9.17) is 17.3 Å². The number of carbonyl (C=O) groups is 1. The van der Waals surface area contributed by atoms with E-state index < -0.39 is 0 Å². The van der Waals surface area contributed by atoms with E-state index in [0.717, 1.165) is 0 Å². The number of nitrogens with two attached hydrogens (primary N) is 1. The van der Waals surface area contributed by atoms with Crippen LogP contribution >= 0.6 is 11.6 Å². The van der Waals surface area contributed by atoms with Crippen LogP contribution in [0.2, 0.25) is 0 Å². The SMILES string of the molecule is CC(=O)OCCN.CCCCCCCCC(Cl)CCCCCCCC. The Morgan fingerprint density at radius 2 is 1.24 bits per heavy atom. The van der Waals surface area contributed by atoms with Crippen LogP contribution in [-0.4, -0.2) is 24.5 Å². The quantitative estimate of drug-likeness (QED) is 0.187. The molecule has 152 valence electrons. The highest BCUT2D eigenvalue weighted by Crippen LogP contribution is 2.17. The number of carbonyl (C=O) groups excluding carboxylic acids is 1. The van der Waals surface area contributed by atoms with E-state index in [1.54, 1.807) is 0 Å². The van der Waals surface area contributed by atoms with Gasteiger partial charge in [0.2, 0.25) is 0 Å². The molecule has 0 rings (SSSR count). The summed E-state index contributed by atoms with van der Waals surface area (Å²) in [5.41, 5.74) is 5.00. The van der Waals surface area contributed by atoms with E-state index in [9.17, 15) is 4.79 Å². The molecule has 0 fully saturated rings. The van der Waals surface area contributed by atoms with Gasteiger partial charge in [-0.25, -0.2) is 0 Å². The van der Waals surface area contributed by atoms with Gasteiger partial charge in [0.15, 0.2) is 0 Å². The largest absolute Gasteiger partial charge is 0.465 e. The van der Waals surface area contributed by atoms with Crippen molar-refractivity contribution in [2.75, 3.05) is 13.2 Å². The predicted molar refractivity (Wildman–Crippen MR) is 111 cm³/mol. The van der Waals surface area contributed by atoms with E-state index >= 15 is 0 Å². The van der Waals surface area contributed by atoms with Crippen molar-refractivity contribution in [1.82, 2.24) is 0 Å². The number of esters is 1. The first-order valence-electron chi connectivity index (χ1n) is 10.6. The molecule has 0 aliphatic heterocycles. The van der Waals surface area contributed by atoms with Gasteiger partial charge in [-0.3, -0.25) is 4.79 Å². The molecule has 0 radical (unpaired) electrons. The molecule has 0 bridgehead atoms. The molecular formula is C21H44ClNO2. The minimum absolute atomic E-state index is 0.273. The monoisotopic (exact) mass is 377 g/mol. The number of hydrogen-bond donors (Lipinski definition) is 1. The lowest BCUT2D eigenvalue weighted by Crippen LogP contribution is -2.10. The maximum atomic E-state index is 9.92. The second-order valence-electron chi connectivity index (χ2n) is 6.84. The molecule has 4 heteroatoms. The Hall–Kier alpha value is -0.280. The fourth-order valence-corrected chi connectivity index (χ4v) is 2.95. The Morgan fingerprint density at radius 1 is 0.840 bits per heavy atom. The number of hydrogen-bond acceptors (Lipinski definition) is 3. The normalized spacial score (nSPS) is 10.5. The van der Waals surface area contributed by atoms with Crippen LogP contribution in [0, 0.1) is 0 Å². The van der Waals surface area contributed by atoms with Gasteiger partial charge >= 0.3 is 5.97 Å². The van der Waals surface area contributed by atoms with E-state index in [1.165, 1.54) is 96.8 Å². The van der Waals surface area contributed by atoms with Crippen molar-refractivity contribution in [3.63, 3.8) is 0 Å². The molecule has 2 N–H and O–H groups in total. The van der Waals surface area contributed by atoms with Gasteiger partial charge in [0, 0.05) is 18.8 Å². The molecule has 0 amide bonds. The molecule has 0 aliphatic rings. The minimum atomic E-state index is -0.273. The predicted octanol–water partition coefficient (Wildman–Crippen LogP) is 6.60. The zero-order chi connectivity index (χ0) is 19.2. The van der Waals surface area contributed by atoms with Gasteiger partial charge < -0.3 is 10.5 Å². The van der Waals surface area contributed by atoms with Crippen molar-refractivity contribution < 1.29 is 9.53 Å². The number of alkyl halides is 1. The van der Waals surface area contributed by atoms with Gasteiger partial charge in [-0.1, -0.05) is 90.9 Å². The second kappa shape index (κ2) is 23.7. The fourth-order valence-electron chi connectivity index (χ4n) is 2.64. The smallest absolute Gasteiger partial charge is 0.302 e. The molecule has 0 heterocycles. The van der Waals surface area contributed by atoms with Gasteiger partial charge in [0.05, 0.1) is 0 Å². The summed E-state index contributed by atoms with van der Waals surface area (Å²) in [6.45, 7) is 6.63. The summed E-state index contributed by atoms with van der Waals surface area (Å²) in [6, 6.07) is 0. The fraction of sp³-hybridized carbons (Fsp3) is 0.952. The van der Waals surface area contributed by atoms with Crippen LogP contribution in [0.5, 0.6) is 0 Å². The molecule has 0 aromatic heterocycles. The number of halogens is 1. The van der Waals surface area contributed by atoms with Gasteiger partial charge in [-0.2, -0.15) is 0 Å². The molecule has 0 saturated heterocycles. The second-order valence-corrected chi connectivity index (χ2v) is 7.46. The highest BCUT2D eigenvalue weighted by Gasteiger charge is 2.03. The zero-order valence-corrected chi connectivity index (χ0v) is 17.9. The van der Waals surface area contributed by atoms with Crippen LogP contribution in [0.15, 0.2) is 0 Å². The van der Waals surface area contributed by atoms with Crippen LogP contribution < -0.4 is 5.73 Å². The summed E-state index contributed by atoms with van der Waals surface area (Å²) in [7, 11) is 0. The zero-order valence-electron chi connectivity index (χ0n) is 17.2.